The predicted molar refractivity (Wildman–Crippen MR) is 101 cm³/mol. The maximum Gasteiger partial charge on any atom is 0.271 e. The molecule has 0 saturated carbocycles. The third kappa shape index (κ3) is 3.04. The number of hydrogen-bond acceptors (Lipinski definition) is 4. The molecule has 26 heavy (non-hydrogen) atoms. The Morgan fingerprint density at radius 1 is 0.962 bits per heavy atom. The van der Waals surface area contributed by atoms with Crippen LogP contribution in [-0.2, 0) is 9.59 Å². The Hall–Kier alpha value is -3.54. The Morgan fingerprint density at radius 3 is 2.62 bits per heavy atom. The highest BCUT2D eigenvalue weighted by Crippen LogP contribution is 2.23. The molecule has 0 aliphatic carbocycles. The van der Waals surface area contributed by atoms with Gasteiger partial charge < -0.3 is 5.32 Å². The molecular weight excluding hydrogens is 328 g/mol. The standard InChI is InChI=1S/C20H16N4O2/c25-18-12-11-17(23-24(18)15-8-2-1-3-9-15)20(26)22-16-10-4-6-14-7-5-13-21-19(14)16/h1-10,13H,11-12H2,(H,22,26). The van der Waals surface area contributed by atoms with Gasteiger partial charge in [0, 0.05) is 24.4 Å². The summed E-state index contributed by atoms with van der Waals surface area (Å²) in [5, 5.41) is 9.38. The van der Waals surface area contributed by atoms with E-state index < -0.39 is 0 Å². The summed E-state index contributed by atoms with van der Waals surface area (Å²) < 4.78 is 0. The summed E-state index contributed by atoms with van der Waals surface area (Å²) in [6.07, 6.45) is 2.24. The minimum atomic E-state index is -0.323. The molecule has 1 N–H and O–H groups in total. The molecule has 3 aromatic rings. The van der Waals surface area contributed by atoms with Crippen LogP contribution in [0.4, 0.5) is 11.4 Å². The van der Waals surface area contributed by atoms with Crippen LogP contribution < -0.4 is 10.3 Å². The first-order valence-corrected chi connectivity index (χ1v) is 8.33. The summed E-state index contributed by atoms with van der Waals surface area (Å²) >= 11 is 0. The van der Waals surface area contributed by atoms with Crippen molar-refractivity contribution in [3.8, 4) is 0 Å². The van der Waals surface area contributed by atoms with Gasteiger partial charge in [0.25, 0.3) is 5.91 Å². The highest BCUT2D eigenvalue weighted by Gasteiger charge is 2.25. The fourth-order valence-electron chi connectivity index (χ4n) is 2.89. The predicted octanol–water partition coefficient (Wildman–Crippen LogP) is 3.36. The van der Waals surface area contributed by atoms with E-state index in [1.165, 1.54) is 5.01 Å². The molecule has 2 aromatic carbocycles. The minimum absolute atomic E-state index is 0.125. The second-order valence-corrected chi connectivity index (χ2v) is 5.92. The molecular formula is C20H16N4O2. The third-order valence-corrected chi connectivity index (χ3v) is 4.18. The number of amides is 2. The normalized spacial score (nSPS) is 14.2. The summed E-state index contributed by atoms with van der Waals surface area (Å²) in [4.78, 5) is 29.2. The van der Waals surface area contributed by atoms with Crippen LogP contribution >= 0.6 is 0 Å². The van der Waals surface area contributed by atoms with Gasteiger partial charge in [-0.1, -0.05) is 36.4 Å². The Balaban J connectivity index is 1.62. The summed E-state index contributed by atoms with van der Waals surface area (Å²) in [5.41, 5.74) is 2.31. The Kier molecular flexibility index (Phi) is 4.15. The molecule has 1 aromatic heterocycles. The van der Waals surface area contributed by atoms with Gasteiger partial charge in [0.05, 0.1) is 16.9 Å². The number of hydrogen-bond donors (Lipinski definition) is 1. The van der Waals surface area contributed by atoms with E-state index in [0.717, 1.165) is 10.9 Å². The van der Waals surface area contributed by atoms with Crippen LogP contribution in [0.2, 0.25) is 0 Å². The second kappa shape index (κ2) is 6.76. The fraction of sp³-hybridized carbons (Fsp3) is 0.100. The van der Waals surface area contributed by atoms with Crippen LogP contribution in [0.5, 0.6) is 0 Å². The molecule has 0 saturated heterocycles. The lowest BCUT2D eigenvalue weighted by Gasteiger charge is -2.23. The first-order chi connectivity index (χ1) is 12.7. The number of carbonyl (C=O) groups is 2. The maximum atomic E-state index is 12.7. The van der Waals surface area contributed by atoms with E-state index in [1.807, 2.05) is 42.5 Å². The highest BCUT2D eigenvalue weighted by atomic mass is 16.2. The molecule has 0 unspecified atom stereocenters. The molecule has 0 bridgehead atoms. The van der Waals surface area contributed by atoms with Gasteiger partial charge in [0.15, 0.2) is 0 Å². The average molecular weight is 344 g/mol. The number of benzene rings is 2. The zero-order chi connectivity index (χ0) is 17.9. The topological polar surface area (TPSA) is 74.7 Å². The maximum absolute atomic E-state index is 12.7. The molecule has 0 fully saturated rings. The van der Waals surface area contributed by atoms with Gasteiger partial charge >= 0.3 is 0 Å². The Labute approximate surface area is 150 Å². The zero-order valence-electron chi connectivity index (χ0n) is 13.9. The molecule has 0 radical (unpaired) electrons. The van der Waals surface area contributed by atoms with Gasteiger partial charge in [0.1, 0.15) is 5.71 Å². The quantitative estimate of drug-likeness (QED) is 0.792. The number of rotatable bonds is 3. The number of carbonyl (C=O) groups excluding carboxylic acids is 2. The van der Waals surface area contributed by atoms with Gasteiger partial charge in [-0.3, -0.25) is 14.6 Å². The van der Waals surface area contributed by atoms with Crippen molar-refractivity contribution in [2.45, 2.75) is 12.8 Å². The van der Waals surface area contributed by atoms with Crippen molar-refractivity contribution in [3.63, 3.8) is 0 Å². The van der Waals surface area contributed by atoms with Crippen LogP contribution in [0.25, 0.3) is 10.9 Å². The molecule has 1 aliphatic heterocycles. The van der Waals surface area contributed by atoms with Crippen molar-refractivity contribution in [2.24, 2.45) is 5.10 Å². The van der Waals surface area contributed by atoms with Crippen molar-refractivity contribution in [1.29, 1.82) is 0 Å². The first kappa shape index (κ1) is 16.0. The first-order valence-electron chi connectivity index (χ1n) is 8.33. The summed E-state index contributed by atoms with van der Waals surface area (Å²) in [5.74, 6) is -0.448. The van der Waals surface area contributed by atoms with Crippen LogP contribution in [0.3, 0.4) is 0 Å². The molecule has 6 nitrogen and oxygen atoms in total. The van der Waals surface area contributed by atoms with E-state index in [1.54, 1.807) is 24.4 Å². The zero-order valence-corrected chi connectivity index (χ0v) is 13.9. The van der Waals surface area contributed by atoms with E-state index >= 15 is 0 Å². The molecule has 2 amide bonds. The molecule has 4 rings (SSSR count). The average Bonchev–Trinajstić information content (AvgIpc) is 2.69. The summed E-state index contributed by atoms with van der Waals surface area (Å²) in [7, 11) is 0. The Bertz CT molecular complexity index is 1010. The monoisotopic (exact) mass is 344 g/mol. The lowest BCUT2D eigenvalue weighted by Crippen LogP contribution is -2.36. The van der Waals surface area contributed by atoms with E-state index in [-0.39, 0.29) is 18.2 Å². The number of nitrogens with zero attached hydrogens (tertiary/aromatic N) is 3. The van der Waals surface area contributed by atoms with Gasteiger partial charge in [-0.15, -0.1) is 0 Å². The molecule has 2 heterocycles. The summed E-state index contributed by atoms with van der Waals surface area (Å²) in [6, 6.07) is 18.5. The molecule has 0 spiro atoms. The van der Waals surface area contributed by atoms with E-state index in [4.69, 9.17) is 0 Å². The van der Waals surface area contributed by atoms with Gasteiger partial charge in [-0.2, -0.15) is 5.10 Å². The molecule has 1 aliphatic rings. The lowest BCUT2D eigenvalue weighted by atomic mass is 10.1. The van der Waals surface area contributed by atoms with Gasteiger partial charge in [-0.25, -0.2) is 5.01 Å². The van der Waals surface area contributed by atoms with Gasteiger partial charge in [-0.05, 0) is 24.3 Å². The van der Waals surface area contributed by atoms with Crippen molar-refractivity contribution >= 4 is 39.8 Å². The van der Waals surface area contributed by atoms with E-state index in [2.05, 4.69) is 15.4 Å². The molecule has 6 heteroatoms. The number of aromatic nitrogens is 1. The minimum Gasteiger partial charge on any atom is -0.319 e. The third-order valence-electron chi connectivity index (χ3n) is 4.18. The SMILES string of the molecule is O=C(Nc1cccc2cccnc12)C1=NN(c2ccccc2)C(=O)CC1. The second-order valence-electron chi connectivity index (χ2n) is 5.92. The number of anilines is 2. The van der Waals surface area contributed by atoms with Crippen LogP contribution in [0, 0.1) is 0 Å². The lowest BCUT2D eigenvalue weighted by molar-refractivity contribution is -0.118. The largest absolute Gasteiger partial charge is 0.319 e. The summed E-state index contributed by atoms with van der Waals surface area (Å²) in [6.45, 7) is 0. The van der Waals surface area contributed by atoms with Crippen molar-refractivity contribution in [2.75, 3.05) is 10.3 Å². The smallest absolute Gasteiger partial charge is 0.271 e. The van der Waals surface area contributed by atoms with Crippen molar-refractivity contribution < 1.29 is 9.59 Å². The number of nitrogens with one attached hydrogen (secondary N) is 1. The molecule has 128 valence electrons. The van der Waals surface area contributed by atoms with Crippen LogP contribution in [-0.4, -0.2) is 22.5 Å². The number of hydrazone groups is 1. The number of para-hydroxylation sites is 2. The van der Waals surface area contributed by atoms with Crippen molar-refractivity contribution in [1.82, 2.24) is 4.98 Å². The Morgan fingerprint density at radius 2 is 1.77 bits per heavy atom. The van der Waals surface area contributed by atoms with E-state index in [0.29, 0.717) is 23.5 Å². The number of pyridine rings is 1. The fourth-order valence-corrected chi connectivity index (χ4v) is 2.89. The van der Waals surface area contributed by atoms with Crippen LogP contribution in [0.1, 0.15) is 12.8 Å². The van der Waals surface area contributed by atoms with Crippen LogP contribution in [0.15, 0.2) is 72.0 Å². The van der Waals surface area contributed by atoms with E-state index in [9.17, 15) is 9.59 Å². The molecule has 0 atom stereocenters. The highest BCUT2D eigenvalue weighted by molar-refractivity contribution is 6.44. The van der Waals surface area contributed by atoms with Crippen molar-refractivity contribution in [3.05, 3.63) is 66.9 Å². The van der Waals surface area contributed by atoms with Gasteiger partial charge in [0.2, 0.25) is 5.91 Å². The number of fused-ring (bicyclic) bond motifs is 1.